The van der Waals surface area contributed by atoms with Crippen LogP contribution in [0.4, 0.5) is 0 Å². The van der Waals surface area contributed by atoms with Crippen molar-refractivity contribution in [3.63, 3.8) is 0 Å². The number of aliphatic carboxylic acids is 1. The van der Waals surface area contributed by atoms with Crippen molar-refractivity contribution in [2.75, 3.05) is 0 Å². The van der Waals surface area contributed by atoms with Gasteiger partial charge >= 0.3 is 0 Å². The Morgan fingerprint density at radius 3 is 1.64 bits per heavy atom. The zero-order valence-corrected chi connectivity index (χ0v) is 7.45. The van der Waals surface area contributed by atoms with E-state index in [0.717, 1.165) is 20.3 Å². The summed E-state index contributed by atoms with van der Waals surface area (Å²) in [6.45, 7) is 3.18. The molecule has 0 aliphatic rings. The van der Waals surface area contributed by atoms with Crippen molar-refractivity contribution in [3.05, 3.63) is 0 Å². The summed E-state index contributed by atoms with van der Waals surface area (Å²) in [4.78, 5) is 27.6. The second kappa shape index (κ2) is 12.0. The van der Waals surface area contributed by atoms with Crippen LogP contribution in [0.2, 0.25) is 0 Å². The molecule has 0 unspecified atom stereocenters. The fourth-order valence-electron chi connectivity index (χ4n) is 0.0587. The van der Waals surface area contributed by atoms with Crippen LogP contribution in [0.5, 0.6) is 0 Å². The molecule has 5 nitrogen and oxygen atoms in total. The van der Waals surface area contributed by atoms with Crippen LogP contribution < -0.4 is 0 Å². The molecule has 11 heavy (non-hydrogen) atoms. The first-order valence-electron chi connectivity index (χ1n) is 2.24. The van der Waals surface area contributed by atoms with Gasteiger partial charge in [0.2, 0.25) is 0 Å². The molecule has 0 atom stereocenters. The number of carboxylic acid groups (broad SMARTS) is 1. The second-order valence-corrected chi connectivity index (χ2v) is 1.20. The Balaban J connectivity index is -0.000000114. The van der Waals surface area contributed by atoms with E-state index in [9.17, 15) is 4.79 Å². The Kier molecular flexibility index (Phi) is 18.2. The molecule has 0 aromatic carbocycles. The quantitative estimate of drug-likeness (QED) is 0.300. The molecule has 0 aliphatic carbocycles. The van der Waals surface area contributed by atoms with E-state index in [4.69, 9.17) is 14.7 Å². The number of hydrogen-bond donors (Lipinski definition) is 1. The molecular weight excluding hydrogens is 246 g/mol. The van der Waals surface area contributed by atoms with Gasteiger partial charge in [0.05, 0.1) is 0 Å². The predicted molar refractivity (Wildman–Crippen MR) is 30.8 cm³/mol. The van der Waals surface area contributed by atoms with Gasteiger partial charge in [-0.15, -0.1) is 0 Å². The van der Waals surface area contributed by atoms with Gasteiger partial charge in [-0.05, 0) is 6.92 Å². The summed E-state index contributed by atoms with van der Waals surface area (Å²) >= 11 is 0. The minimum absolute atomic E-state index is 0. The zero-order valence-electron chi connectivity index (χ0n) is 5.90. The van der Waals surface area contributed by atoms with E-state index in [0.29, 0.717) is 0 Å². The monoisotopic (exact) mass is 253 g/mol. The van der Waals surface area contributed by atoms with Crippen LogP contribution in [0.25, 0.3) is 0 Å². The molecule has 0 fully saturated rings. The average molecular weight is 254 g/mol. The molecule has 0 saturated heterocycles. The number of carboxylic acids is 1. The fraction of sp³-hybridized carbons (Fsp3) is 0.400. The summed E-state index contributed by atoms with van der Waals surface area (Å²) in [5.41, 5.74) is 0. The molecule has 0 aromatic heterocycles. The first-order valence-corrected chi connectivity index (χ1v) is 2.24. The molecular formula is C5H7O5Pd-. The van der Waals surface area contributed by atoms with Gasteiger partial charge in [0.1, 0.15) is 5.97 Å². The number of carbonyl (C=O) groups is 2. The van der Waals surface area contributed by atoms with Crippen LogP contribution in [0.15, 0.2) is 0 Å². The van der Waals surface area contributed by atoms with Gasteiger partial charge < -0.3 is 19.4 Å². The van der Waals surface area contributed by atoms with Gasteiger partial charge in [0.15, 0.2) is 6.47 Å². The number of hydrogen-bond acceptors (Lipinski definition) is 4. The third-order valence-electron chi connectivity index (χ3n) is 0.185. The fourth-order valence-corrected chi connectivity index (χ4v) is 0.0587. The van der Waals surface area contributed by atoms with E-state index >= 15 is 0 Å². The van der Waals surface area contributed by atoms with Crippen molar-refractivity contribution >= 4 is 18.4 Å². The average Bonchev–Trinajstić information content (AvgIpc) is 1.62. The summed E-state index contributed by atoms with van der Waals surface area (Å²) in [7, 11) is 0. The first-order chi connectivity index (χ1) is 4.50. The number of ether oxygens (including phenoxy) is 1. The van der Waals surface area contributed by atoms with Crippen molar-refractivity contribution in [1.82, 2.24) is 0 Å². The van der Waals surface area contributed by atoms with Crippen LogP contribution in [0.3, 0.4) is 0 Å². The van der Waals surface area contributed by atoms with Crippen molar-refractivity contribution in [1.29, 1.82) is 0 Å². The number of rotatable bonds is 1. The predicted octanol–water partition coefficient (Wildman–Crippen LogP) is -0.295. The smallest absolute Gasteiger partial charge is 0.300 e. The van der Waals surface area contributed by atoms with E-state index < -0.39 is 11.9 Å². The maximum Gasteiger partial charge on any atom is 0.300 e. The molecule has 0 bridgehead atoms. The summed E-state index contributed by atoms with van der Waals surface area (Å²) in [5, 5.41) is 7.42. The van der Waals surface area contributed by atoms with E-state index in [1.807, 2.05) is 0 Å². The van der Waals surface area contributed by atoms with E-state index in [1.165, 1.54) is 0 Å². The van der Waals surface area contributed by atoms with Gasteiger partial charge in [-0.2, -0.15) is 0 Å². The summed E-state index contributed by atoms with van der Waals surface area (Å²) in [6.07, 6.45) is 0. The third kappa shape index (κ3) is 95.0. The van der Waals surface area contributed by atoms with Crippen molar-refractivity contribution in [2.45, 2.75) is 13.8 Å². The van der Waals surface area contributed by atoms with E-state index in [1.54, 1.807) is 0 Å². The van der Waals surface area contributed by atoms with E-state index in [-0.39, 0.29) is 20.4 Å². The maximum absolute atomic E-state index is 9.56. The Hall–Kier alpha value is -0.728. The van der Waals surface area contributed by atoms with Crippen LogP contribution >= 0.6 is 0 Å². The SMILES string of the molecule is CC(=O)O.CC(=O)O[C-]=O.[Pd]. The topological polar surface area (TPSA) is 80.7 Å². The Bertz CT molecular complexity index is 129. The van der Waals surface area contributed by atoms with Crippen LogP contribution in [-0.4, -0.2) is 23.5 Å². The summed E-state index contributed by atoms with van der Waals surface area (Å²) < 4.78 is 3.60. The van der Waals surface area contributed by atoms with Gasteiger partial charge in [0.25, 0.3) is 5.97 Å². The second-order valence-electron chi connectivity index (χ2n) is 1.20. The molecule has 1 N–H and O–H groups in total. The van der Waals surface area contributed by atoms with E-state index in [2.05, 4.69) is 4.74 Å². The molecule has 0 spiro atoms. The molecule has 0 rings (SSSR count). The van der Waals surface area contributed by atoms with Gasteiger partial charge in [0, 0.05) is 27.3 Å². The molecule has 6 heteroatoms. The molecule has 0 radical (unpaired) electrons. The Morgan fingerprint density at radius 2 is 1.64 bits per heavy atom. The standard InChI is InChI=1S/C3H3O3.C2H4O2.Pd/c1-3(5)6-2-4;1-2(3)4;/h1H3;1H3,(H,3,4);/q-1;;. The minimum Gasteiger partial charge on any atom is -0.584 e. The summed E-state index contributed by atoms with van der Waals surface area (Å²) in [5.74, 6) is -1.47. The molecule has 0 aliphatic heterocycles. The number of carbonyl (C=O) groups excluding carboxylic acids is 2. The third-order valence-corrected chi connectivity index (χ3v) is 0.185. The number of esters is 1. The van der Waals surface area contributed by atoms with Crippen molar-refractivity contribution in [2.24, 2.45) is 0 Å². The Morgan fingerprint density at radius 1 is 1.36 bits per heavy atom. The van der Waals surface area contributed by atoms with Gasteiger partial charge in [-0.25, -0.2) is 0 Å². The van der Waals surface area contributed by atoms with Crippen molar-refractivity contribution in [3.8, 4) is 0 Å². The minimum atomic E-state index is -0.833. The molecule has 0 aromatic rings. The molecule has 0 amide bonds. The summed E-state index contributed by atoms with van der Waals surface area (Å²) in [6, 6.07) is 0. The van der Waals surface area contributed by atoms with Gasteiger partial charge in [-0.3, -0.25) is 4.79 Å². The largest absolute Gasteiger partial charge is 0.584 e. The molecule has 0 saturated carbocycles. The zero-order chi connectivity index (χ0) is 8.57. The Labute approximate surface area is 77.4 Å². The van der Waals surface area contributed by atoms with Crippen LogP contribution in [-0.2, 0) is 39.5 Å². The maximum atomic E-state index is 9.56. The molecule has 0 heterocycles. The van der Waals surface area contributed by atoms with Gasteiger partial charge in [-0.1, -0.05) is 0 Å². The van der Waals surface area contributed by atoms with Crippen LogP contribution in [0.1, 0.15) is 13.8 Å². The molecule has 68 valence electrons. The first kappa shape index (κ1) is 16.7. The van der Waals surface area contributed by atoms with Crippen molar-refractivity contribution < 1.29 is 44.6 Å². The normalized spacial score (nSPS) is 6.00. The van der Waals surface area contributed by atoms with Crippen LogP contribution in [0, 0.1) is 0 Å².